The molecular weight excluding hydrogens is 346 g/mol. The molecule has 7 nitrogen and oxygen atoms in total. The summed E-state index contributed by atoms with van der Waals surface area (Å²) >= 11 is 0. The summed E-state index contributed by atoms with van der Waals surface area (Å²) < 4.78 is 0. The first-order valence-corrected chi connectivity index (χ1v) is 8.81. The summed E-state index contributed by atoms with van der Waals surface area (Å²) in [5.74, 6) is -2.10. The number of carboxylic acids is 1. The van der Waals surface area contributed by atoms with Gasteiger partial charge in [-0.3, -0.25) is 19.4 Å². The lowest BCUT2D eigenvalue weighted by atomic mass is 10.0. The maximum Gasteiger partial charge on any atom is 0.308 e. The van der Waals surface area contributed by atoms with Crippen LogP contribution in [0, 0.1) is 5.92 Å². The number of aliphatic carboxylic acids is 1. The van der Waals surface area contributed by atoms with E-state index >= 15 is 0 Å². The van der Waals surface area contributed by atoms with E-state index in [4.69, 9.17) is 5.11 Å². The number of likely N-dealkylation sites (tertiary alicyclic amines) is 1. The van der Waals surface area contributed by atoms with E-state index in [0.717, 1.165) is 5.56 Å². The van der Waals surface area contributed by atoms with Crippen LogP contribution in [-0.2, 0) is 16.0 Å². The summed E-state index contributed by atoms with van der Waals surface area (Å²) in [5, 5.41) is 12.0. The number of pyridine rings is 1. The van der Waals surface area contributed by atoms with Crippen molar-refractivity contribution in [2.45, 2.75) is 18.9 Å². The number of carbonyl (C=O) groups excluding carboxylic acids is 2. The Morgan fingerprint density at radius 1 is 1.19 bits per heavy atom. The molecule has 2 atom stereocenters. The Hall–Kier alpha value is -3.22. The minimum absolute atomic E-state index is 0.169. The fraction of sp³-hybridized carbons (Fsp3) is 0.300. The lowest BCUT2D eigenvalue weighted by Gasteiger charge is -2.24. The van der Waals surface area contributed by atoms with Gasteiger partial charge in [0, 0.05) is 31.9 Å². The molecule has 1 aliphatic rings. The molecule has 0 aliphatic carbocycles. The van der Waals surface area contributed by atoms with Gasteiger partial charge in [0.15, 0.2) is 0 Å². The molecule has 3 rings (SSSR count). The molecule has 2 amide bonds. The maximum atomic E-state index is 13.0. The summed E-state index contributed by atoms with van der Waals surface area (Å²) in [6.07, 6.45) is 3.77. The molecule has 2 unspecified atom stereocenters. The van der Waals surface area contributed by atoms with E-state index in [-0.39, 0.29) is 18.4 Å². The first-order valence-electron chi connectivity index (χ1n) is 8.81. The second-order valence-electron chi connectivity index (χ2n) is 6.57. The first kappa shape index (κ1) is 18.6. The lowest BCUT2D eigenvalue weighted by molar-refractivity contribution is -0.141. The van der Waals surface area contributed by atoms with Crippen LogP contribution in [-0.4, -0.2) is 51.9 Å². The fourth-order valence-corrected chi connectivity index (χ4v) is 3.17. The third-order valence-electron chi connectivity index (χ3n) is 4.66. The minimum Gasteiger partial charge on any atom is -0.481 e. The normalized spacial score (nSPS) is 17.3. The van der Waals surface area contributed by atoms with Crippen molar-refractivity contribution in [2.24, 2.45) is 5.92 Å². The van der Waals surface area contributed by atoms with Gasteiger partial charge in [-0.15, -0.1) is 0 Å². The van der Waals surface area contributed by atoms with Gasteiger partial charge in [0.1, 0.15) is 6.04 Å². The second kappa shape index (κ2) is 8.44. The average molecular weight is 367 g/mol. The van der Waals surface area contributed by atoms with Gasteiger partial charge in [0.25, 0.3) is 5.91 Å². The molecule has 1 aliphatic heterocycles. The van der Waals surface area contributed by atoms with Gasteiger partial charge in [0.2, 0.25) is 5.91 Å². The number of nitrogens with one attached hydrogen (secondary N) is 1. The fourth-order valence-electron chi connectivity index (χ4n) is 3.17. The summed E-state index contributed by atoms with van der Waals surface area (Å²) in [7, 11) is 0. The zero-order valence-electron chi connectivity index (χ0n) is 14.7. The van der Waals surface area contributed by atoms with E-state index in [2.05, 4.69) is 10.3 Å². The van der Waals surface area contributed by atoms with Crippen molar-refractivity contribution in [1.29, 1.82) is 0 Å². The van der Waals surface area contributed by atoms with Crippen LogP contribution in [0.15, 0.2) is 54.9 Å². The van der Waals surface area contributed by atoms with Crippen LogP contribution >= 0.6 is 0 Å². The first-order chi connectivity index (χ1) is 13.0. The molecule has 0 spiro atoms. The van der Waals surface area contributed by atoms with Crippen molar-refractivity contribution >= 4 is 17.8 Å². The zero-order chi connectivity index (χ0) is 19.2. The van der Waals surface area contributed by atoms with Gasteiger partial charge in [-0.1, -0.05) is 30.3 Å². The van der Waals surface area contributed by atoms with E-state index in [9.17, 15) is 14.4 Å². The number of rotatable bonds is 6. The highest BCUT2D eigenvalue weighted by Crippen LogP contribution is 2.18. The smallest absolute Gasteiger partial charge is 0.308 e. The topological polar surface area (TPSA) is 99.6 Å². The number of hydrogen-bond acceptors (Lipinski definition) is 4. The van der Waals surface area contributed by atoms with Crippen molar-refractivity contribution in [1.82, 2.24) is 15.2 Å². The Morgan fingerprint density at radius 3 is 2.59 bits per heavy atom. The van der Waals surface area contributed by atoms with Crippen LogP contribution in [0.25, 0.3) is 0 Å². The molecule has 2 N–H and O–H groups in total. The number of carboxylic acid groups (broad SMARTS) is 1. The molecule has 1 saturated heterocycles. The molecule has 0 bridgehead atoms. The summed E-state index contributed by atoms with van der Waals surface area (Å²) in [5.41, 5.74) is 1.28. The molecule has 27 heavy (non-hydrogen) atoms. The van der Waals surface area contributed by atoms with E-state index < -0.39 is 17.9 Å². The monoisotopic (exact) mass is 367 g/mol. The van der Waals surface area contributed by atoms with Crippen LogP contribution in [0.2, 0.25) is 0 Å². The van der Waals surface area contributed by atoms with E-state index in [1.54, 1.807) is 18.3 Å². The largest absolute Gasteiger partial charge is 0.481 e. The van der Waals surface area contributed by atoms with Crippen LogP contribution < -0.4 is 5.32 Å². The average Bonchev–Trinajstić information content (AvgIpc) is 3.19. The molecule has 7 heteroatoms. The number of nitrogens with zero attached hydrogens (tertiary/aromatic N) is 2. The van der Waals surface area contributed by atoms with Crippen molar-refractivity contribution in [3.8, 4) is 0 Å². The second-order valence-corrected chi connectivity index (χ2v) is 6.57. The molecular formula is C20H21N3O4. The van der Waals surface area contributed by atoms with Gasteiger partial charge in [-0.2, -0.15) is 0 Å². The zero-order valence-corrected chi connectivity index (χ0v) is 14.7. The third kappa shape index (κ3) is 4.69. The van der Waals surface area contributed by atoms with Gasteiger partial charge in [0.05, 0.1) is 11.5 Å². The van der Waals surface area contributed by atoms with Crippen molar-refractivity contribution in [2.75, 3.05) is 13.1 Å². The quantitative estimate of drug-likeness (QED) is 0.803. The van der Waals surface area contributed by atoms with E-state index in [0.29, 0.717) is 24.9 Å². The van der Waals surface area contributed by atoms with E-state index in [1.165, 1.54) is 11.1 Å². The van der Waals surface area contributed by atoms with E-state index in [1.807, 2.05) is 30.3 Å². The predicted octanol–water partition coefficient (Wildman–Crippen LogP) is 1.36. The van der Waals surface area contributed by atoms with Crippen molar-refractivity contribution in [3.05, 3.63) is 66.0 Å². The minimum atomic E-state index is -0.899. The summed E-state index contributed by atoms with van der Waals surface area (Å²) in [6.45, 7) is 0.548. The number of benzene rings is 1. The maximum absolute atomic E-state index is 13.0. The molecule has 1 fully saturated rings. The number of aromatic nitrogens is 1. The lowest BCUT2D eigenvalue weighted by Crippen LogP contribution is -2.49. The Bertz CT molecular complexity index is 810. The Labute approximate surface area is 157 Å². The van der Waals surface area contributed by atoms with Gasteiger partial charge >= 0.3 is 5.97 Å². The Balaban J connectivity index is 1.76. The SMILES string of the molecule is O=C(NC(Cc1ccccc1)C(=O)N1CCC(C(=O)O)C1)c1cccnc1. The number of amides is 2. The molecule has 1 aromatic heterocycles. The Kier molecular flexibility index (Phi) is 5.80. The highest BCUT2D eigenvalue weighted by molar-refractivity contribution is 5.97. The summed E-state index contributed by atoms with van der Waals surface area (Å²) in [4.78, 5) is 42.1. The molecule has 0 radical (unpaired) electrons. The van der Waals surface area contributed by atoms with Gasteiger partial charge in [-0.25, -0.2) is 0 Å². The van der Waals surface area contributed by atoms with Crippen LogP contribution in [0.3, 0.4) is 0 Å². The highest BCUT2D eigenvalue weighted by Gasteiger charge is 2.34. The third-order valence-corrected chi connectivity index (χ3v) is 4.66. The summed E-state index contributed by atoms with van der Waals surface area (Å²) in [6, 6.07) is 11.9. The highest BCUT2D eigenvalue weighted by atomic mass is 16.4. The van der Waals surface area contributed by atoms with Gasteiger partial charge in [-0.05, 0) is 24.1 Å². The standard InChI is InChI=1S/C20H21N3O4/c24-18(15-7-4-9-21-12-15)22-17(11-14-5-2-1-3-6-14)19(25)23-10-8-16(13-23)20(26)27/h1-7,9,12,16-17H,8,10-11,13H2,(H,22,24)(H,26,27). The molecule has 0 saturated carbocycles. The van der Waals surface area contributed by atoms with Gasteiger partial charge < -0.3 is 15.3 Å². The van der Waals surface area contributed by atoms with Crippen LogP contribution in [0.4, 0.5) is 0 Å². The van der Waals surface area contributed by atoms with Crippen molar-refractivity contribution in [3.63, 3.8) is 0 Å². The van der Waals surface area contributed by atoms with Crippen LogP contribution in [0.5, 0.6) is 0 Å². The van der Waals surface area contributed by atoms with Crippen LogP contribution in [0.1, 0.15) is 22.3 Å². The number of hydrogen-bond donors (Lipinski definition) is 2. The number of carbonyl (C=O) groups is 3. The Morgan fingerprint density at radius 2 is 1.96 bits per heavy atom. The molecule has 1 aromatic carbocycles. The molecule has 2 aromatic rings. The molecule has 140 valence electrons. The predicted molar refractivity (Wildman–Crippen MR) is 98.0 cm³/mol. The van der Waals surface area contributed by atoms with Crippen molar-refractivity contribution < 1.29 is 19.5 Å². The molecule has 2 heterocycles.